The molecule has 1 amide bonds. The number of nitrogens with one attached hydrogen (secondary N) is 1. The highest BCUT2D eigenvalue weighted by molar-refractivity contribution is 5.95. The Kier molecular flexibility index (Phi) is 4.80. The third-order valence-electron chi connectivity index (χ3n) is 5.27. The zero-order chi connectivity index (χ0) is 17.9. The summed E-state index contributed by atoms with van der Waals surface area (Å²) in [5.74, 6) is 1.49. The van der Waals surface area contributed by atoms with Gasteiger partial charge in [0.05, 0.1) is 0 Å². The smallest absolute Gasteiger partial charge is 0.251 e. The maximum Gasteiger partial charge on any atom is 0.251 e. The van der Waals surface area contributed by atoms with Crippen LogP contribution in [0.3, 0.4) is 0 Å². The predicted octanol–water partition coefficient (Wildman–Crippen LogP) is 3.30. The number of rotatable bonds is 5. The number of likely N-dealkylation sites (tertiary alicyclic amines) is 1. The Hall–Kier alpha value is -2.53. The summed E-state index contributed by atoms with van der Waals surface area (Å²) in [5, 5.41) is 3.06. The molecule has 0 aliphatic carbocycles. The largest absolute Gasteiger partial charge is 0.454 e. The second-order valence-electron chi connectivity index (χ2n) is 6.97. The molecule has 0 radical (unpaired) electrons. The molecule has 1 saturated heterocycles. The van der Waals surface area contributed by atoms with E-state index in [9.17, 15) is 4.79 Å². The topological polar surface area (TPSA) is 50.8 Å². The zero-order valence-corrected chi connectivity index (χ0v) is 15.0. The van der Waals surface area contributed by atoms with Crippen molar-refractivity contribution in [3.8, 4) is 22.6 Å². The molecule has 4 rings (SSSR count). The third-order valence-corrected chi connectivity index (χ3v) is 5.27. The molecule has 2 heterocycles. The zero-order valence-electron chi connectivity index (χ0n) is 15.0. The lowest BCUT2D eigenvalue weighted by molar-refractivity contribution is 0.0950. The SMILES string of the molecule is CN1CCC[C@H]1CCNC(=O)c1cccc(-c2ccc3c(c2)OCO3)c1. The summed E-state index contributed by atoms with van der Waals surface area (Å²) in [4.78, 5) is 14.9. The highest BCUT2D eigenvalue weighted by Crippen LogP contribution is 2.36. The molecule has 0 bridgehead atoms. The molecule has 2 aromatic rings. The molecule has 0 aromatic heterocycles. The number of carbonyl (C=O) groups excluding carboxylic acids is 1. The van der Waals surface area contributed by atoms with Crippen molar-refractivity contribution in [3.05, 3.63) is 48.0 Å². The normalized spacial score (nSPS) is 18.9. The van der Waals surface area contributed by atoms with E-state index in [2.05, 4.69) is 17.3 Å². The van der Waals surface area contributed by atoms with Crippen molar-refractivity contribution in [1.29, 1.82) is 0 Å². The van der Waals surface area contributed by atoms with Gasteiger partial charge in [-0.05, 0) is 68.2 Å². The number of ether oxygens (including phenoxy) is 2. The summed E-state index contributed by atoms with van der Waals surface area (Å²) >= 11 is 0. The molecule has 0 spiro atoms. The summed E-state index contributed by atoms with van der Waals surface area (Å²) < 4.78 is 10.8. The number of fused-ring (bicyclic) bond motifs is 1. The second-order valence-corrected chi connectivity index (χ2v) is 6.97. The molecule has 1 atom stereocenters. The van der Waals surface area contributed by atoms with Crippen LogP contribution in [-0.2, 0) is 0 Å². The van der Waals surface area contributed by atoms with Crippen LogP contribution in [-0.4, -0.2) is 43.8 Å². The molecule has 1 fully saturated rings. The molecule has 2 aromatic carbocycles. The lowest BCUT2D eigenvalue weighted by atomic mass is 10.0. The fourth-order valence-electron chi connectivity index (χ4n) is 3.71. The number of nitrogens with zero attached hydrogens (tertiary/aromatic N) is 1. The van der Waals surface area contributed by atoms with Gasteiger partial charge in [-0.2, -0.15) is 0 Å². The van der Waals surface area contributed by atoms with Crippen LogP contribution in [0.4, 0.5) is 0 Å². The van der Waals surface area contributed by atoms with Gasteiger partial charge in [-0.15, -0.1) is 0 Å². The summed E-state index contributed by atoms with van der Waals surface area (Å²) in [6.45, 7) is 2.13. The lowest BCUT2D eigenvalue weighted by Gasteiger charge is -2.19. The number of amides is 1. The van der Waals surface area contributed by atoms with E-state index in [1.165, 1.54) is 12.8 Å². The summed E-state index contributed by atoms with van der Waals surface area (Å²) in [6, 6.07) is 14.1. The van der Waals surface area contributed by atoms with E-state index in [1.54, 1.807) is 0 Å². The van der Waals surface area contributed by atoms with Gasteiger partial charge in [-0.1, -0.05) is 18.2 Å². The van der Waals surface area contributed by atoms with Crippen LogP contribution in [0.2, 0.25) is 0 Å². The van der Waals surface area contributed by atoms with Gasteiger partial charge in [-0.25, -0.2) is 0 Å². The Morgan fingerprint density at radius 2 is 2.00 bits per heavy atom. The third kappa shape index (κ3) is 3.53. The summed E-state index contributed by atoms with van der Waals surface area (Å²) in [7, 11) is 2.16. The van der Waals surface area contributed by atoms with E-state index in [0.29, 0.717) is 18.2 Å². The van der Waals surface area contributed by atoms with E-state index < -0.39 is 0 Å². The van der Waals surface area contributed by atoms with E-state index in [4.69, 9.17) is 9.47 Å². The van der Waals surface area contributed by atoms with Crippen molar-refractivity contribution in [2.24, 2.45) is 0 Å². The Bertz CT molecular complexity index is 806. The quantitative estimate of drug-likeness (QED) is 0.897. The molecule has 2 aliphatic heterocycles. The van der Waals surface area contributed by atoms with Crippen LogP contribution in [0.15, 0.2) is 42.5 Å². The first kappa shape index (κ1) is 16.9. The average Bonchev–Trinajstić information content (AvgIpc) is 3.30. The number of hydrogen-bond donors (Lipinski definition) is 1. The van der Waals surface area contributed by atoms with Crippen molar-refractivity contribution in [1.82, 2.24) is 10.2 Å². The highest BCUT2D eigenvalue weighted by atomic mass is 16.7. The van der Waals surface area contributed by atoms with Gasteiger partial charge < -0.3 is 19.7 Å². The van der Waals surface area contributed by atoms with Gasteiger partial charge in [0.25, 0.3) is 5.91 Å². The summed E-state index contributed by atoms with van der Waals surface area (Å²) in [5.41, 5.74) is 2.68. The van der Waals surface area contributed by atoms with Crippen LogP contribution < -0.4 is 14.8 Å². The van der Waals surface area contributed by atoms with E-state index in [0.717, 1.165) is 35.6 Å². The minimum absolute atomic E-state index is 0.0201. The first-order valence-electron chi connectivity index (χ1n) is 9.19. The Morgan fingerprint density at radius 1 is 1.15 bits per heavy atom. The molecule has 0 unspecified atom stereocenters. The van der Waals surface area contributed by atoms with E-state index in [-0.39, 0.29) is 12.7 Å². The Labute approximate surface area is 153 Å². The molecular weight excluding hydrogens is 328 g/mol. The minimum Gasteiger partial charge on any atom is -0.454 e. The molecule has 1 N–H and O–H groups in total. The minimum atomic E-state index is -0.0201. The van der Waals surface area contributed by atoms with Gasteiger partial charge in [-0.3, -0.25) is 4.79 Å². The number of benzene rings is 2. The molecule has 2 aliphatic rings. The lowest BCUT2D eigenvalue weighted by Crippen LogP contribution is -2.31. The van der Waals surface area contributed by atoms with Crippen molar-refractivity contribution >= 4 is 5.91 Å². The molecule has 26 heavy (non-hydrogen) atoms. The number of carbonyl (C=O) groups is 1. The summed E-state index contributed by atoms with van der Waals surface area (Å²) in [6.07, 6.45) is 3.49. The van der Waals surface area contributed by atoms with Gasteiger partial charge in [0.1, 0.15) is 0 Å². The predicted molar refractivity (Wildman–Crippen MR) is 101 cm³/mol. The van der Waals surface area contributed by atoms with Crippen molar-refractivity contribution in [2.75, 3.05) is 26.9 Å². The van der Waals surface area contributed by atoms with E-state index >= 15 is 0 Å². The van der Waals surface area contributed by atoms with E-state index in [1.807, 2.05) is 42.5 Å². The number of hydrogen-bond acceptors (Lipinski definition) is 4. The van der Waals surface area contributed by atoms with Crippen LogP contribution in [0.25, 0.3) is 11.1 Å². The highest BCUT2D eigenvalue weighted by Gasteiger charge is 2.20. The van der Waals surface area contributed by atoms with Crippen LogP contribution in [0, 0.1) is 0 Å². The van der Waals surface area contributed by atoms with Crippen LogP contribution >= 0.6 is 0 Å². The van der Waals surface area contributed by atoms with Crippen molar-refractivity contribution in [2.45, 2.75) is 25.3 Å². The Balaban J connectivity index is 1.41. The van der Waals surface area contributed by atoms with Gasteiger partial charge in [0.15, 0.2) is 11.5 Å². The maximum atomic E-state index is 12.5. The monoisotopic (exact) mass is 352 g/mol. The fraction of sp³-hybridized carbons (Fsp3) is 0.381. The van der Waals surface area contributed by atoms with Crippen molar-refractivity contribution < 1.29 is 14.3 Å². The van der Waals surface area contributed by atoms with Gasteiger partial charge >= 0.3 is 0 Å². The average molecular weight is 352 g/mol. The Morgan fingerprint density at radius 3 is 2.85 bits per heavy atom. The van der Waals surface area contributed by atoms with Crippen LogP contribution in [0.1, 0.15) is 29.6 Å². The fourth-order valence-corrected chi connectivity index (χ4v) is 3.71. The van der Waals surface area contributed by atoms with Crippen LogP contribution in [0.5, 0.6) is 11.5 Å². The molecule has 5 nitrogen and oxygen atoms in total. The van der Waals surface area contributed by atoms with Crippen molar-refractivity contribution in [3.63, 3.8) is 0 Å². The maximum absolute atomic E-state index is 12.5. The molecule has 136 valence electrons. The standard InChI is InChI=1S/C21H24N2O3/c1-23-11-3-6-18(23)9-10-22-21(24)17-5-2-4-15(12-17)16-7-8-19-20(13-16)26-14-25-19/h2,4-5,7-8,12-13,18H,3,6,9-11,14H2,1H3,(H,22,24)/t18-/m0/s1. The molecule has 0 saturated carbocycles. The van der Waals surface area contributed by atoms with Gasteiger partial charge in [0, 0.05) is 18.2 Å². The molecular formula is C21H24N2O3. The second kappa shape index (κ2) is 7.38. The van der Waals surface area contributed by atoms with Gasteiger partial charge in [0.2, 0.25) is 6.79 Å². The first-order valence-corrected chi connectivity index (χ1v) is 9.19. The first-order chi connectivity index (χ1) is 12.7. The molecule has 5 heteroatoms.